The molecule has 0 bridgehead atoms. The van der Waals surface area contributed by atoms with Crippen molar-refractivity contribution in [2.75, 3.05) is 26.6 Å². The fourth-order valence-corrected chi connectivity index (χ4v) is 5.04. The van der Waals surface area contributed by atoms with Gasteiger partial charge in [0.1, 0.15) is 5.75 Å². The van der Waals surface area contributed by atoms with Gasteiger partial charge < -0.3 is 19.5 Å². The van der Waals surface area contributed by atoms with Crippen molar-refractivity contribution in [1.82, 2.24) is 0 Å². The summed E-state index contributed by atoms with van der Waals surface area (Å²) in [4.78, 5) is 13.4. The lowest BCUT2D eigenvalue weighted by molar-refractivity contribution is 0.102. The number of methoxy groups -OCH3 is 3. The number of benzene rings is 3. The van der Waals surface area contributed by atoms with E-state index in [4.69, 9.17) is 14.2 Å². The molecule has 1 aliphatic rings. The van der Waals surface area contributed by atoms with E-state index in [-0.39, 0.29) is 5.91 Å². The molecule has 3 aromatic carbocycles. The van der Waals surface area contributed by atoms with Gasteiger partial charge in [0.05, 0.1) is 26.9 Å². The van der Waals surface area contributed by atoms with Gasteiger partial charge in [0.2, 0.25) is 0 Å². The summed E-state index contributed by atoms with van der Waals surface area (Å²) >= 11 is 3.51. The van der Waals surface area contributed by atoms with Crippen LogP contribution in [0.1, 0.15) is 47.2 Å². The Labute approximate surface area is 202 Å². The zero-order valence-electron chi connectivity index (χ0n) is 19.4. The Balaban J connectivity index is 1.88. The number of hydrogen-bond acceptors (Lipinski definition) is 4. The predicted octanol–water partition coefficient (Wildman–Crippen LogP) is 7.15. The van der Waals surface area contributed by atoms with Crippen LogP contribution in [-0.2, 0) is 0 Å². The molecule has 33 heavy (non-hydrogen) atoms. The lowest BCUT2D eigenvalue weighted by atomic mass is 9.89. The number of ether oxygens (including phenoxy) is 3. The summed E-state index contributed by atoms with van der Waals surface area (Å²) in [5, 5.41) is 5.02. The molecule has 0 aliphatic heterocycles. The molecule has 0 saturated carbocycles. The number of halogens is 1. The van der Waals surface area contributed by atoms with E-state index in [2.05, 4.69) is 33.4 Å². The lowest BCUT2D eigenvalue weighted by Gasteiger charge is -2.22. The summed E-state index contributed by atoms with van der Waals surface area (Å²) < 4.78 is 17.7. The normalized spacial score (nSPS) is 13.4. The number of aryl methyl sites for hydroxylation is 1. The molecule has 4 rings (SSSR count). The van der Waals surface area contributed by atoms with Crippen LogP contribution in [0.4, 0.5) is 5.69 Å². The number of hydrogen-bond donors (Lipinski definition) is 1. The Kier molecular flexibility index (Phi) is 6.94. The summed E-state index contributed by atoms with van der Waals surface area (Å²) in [5.41, 5.74) is 4.35. The molecule has 0 atom stereocenters. The van der Waals surface area contributed by atoms with Gasteiger partial charge in [0, 0.05) is 21.1 Å². The number of carbonyl (C=O) groups is 1. The molecule has 5 nitrogen and oxygen atoms in total. The van der Waals surface area contributed by atoms with Gasteiger partial charge in [0.25, 0.3) is 5.91 Å². The van der Waals surface area contributed by atoms with E-state index in [9.17, 15) is 4.79 Å². The minimum absolute atomic E-state index is 0.247. The van der Waals surface area contributed by atoms with Crippen molar-refractivity contribution in [3.63, 3.8) is 0 Å². The van der Waals surface area contributed by atoms with Gasteiger partial charge in [0.15, 0.2) is 11.5 Å². The molecule has 1 N–H and O–H groups in total. The van der Waals surface area contributed by atoms with Crippen molar-refractivity contribution in [3.05, 3.63) is 63.6 Å². The third kappa shape index (κ3) is 4.32. The Morgan fingerprint density at radius 2 is 1.76 bits per heavy atom. The number of allylic oxidation sites excluding steroid dienone is 2. The number of amides is 1. The second-order valence-corrected chi connectivity index (χ2v) is 8.94. The summed E-state index contributed by atoms with van der Waals surface area (Å²) in [7, 11) is 4.88. The van der Waals surface area contributed by atoms with Crippen LogP contribution >= 0.6 is 15.9 Å². The highest BCUT2D eigenvalue weighted by Gasteiger charge is 2.23. The van der Waals surface area contributed by atoms with Crippen LogP contribution in [0.25, 0.3) is 16.3 Å². The third-order valence-electron chi connectivity index (χ3n) is 6.12. The largest absolute Gasteiger partial charge is 0.496 e. The van der Waals surface area contributed by atoms with Crippen LogP contribution in [0.3, 0.4) is 0 Å². The van der Waals surface area contributed by atoms with E-state index >= 15 is 0 Å². The van der Waals surface area contributed by atoms with E-state index in [0.717, 1.165) is 46.9 Å². The van der Waals surface area contributed by atoms with Gasteiger partial charge in [-0.2, -0.15) is 0 Å². The first kappa shape index (κ1) is 23.2. The minimum Gasteiger partial charge on any atom is -0.496 e. The SMILES string of the molecule is COc1cc2c(NC(=O)c3c(Br)ccc(C)c3OC)cccc2c(C2=CCCCC2)c1OC. The summed E-state index contributed by atoms with van der Waals surface area (Å²) in [6, 6.07) is 11.6. The fourth-order valence-electron chi connectivity index (χ4n) is 4.55. The standard InChI is InChI=1S/C27H28BrNO4/c1-16-13-14-20(28)24(25(16)32-3)27(30)29-21-12-8-11-18-19(21)15-22(31-2)26(33-4)23(18)17-9-6-5-7-10-17/h8-9,11-15H,5-7,10H2,1-4H3,(H,29,30). The summed E-state index contributed by atoms with van der Waals surface area (Å²) in [6.07, 6.45) is 6.67. The zero-order valence-corrected chi connectivity index (χ0v) is 21.0. The fraction of sp³-hybridized carbons (Fsp3) is 0.296. The van der Waals surface area contributed by atoms with Gasteiger partial charge in [-0.1, -0.05) is 24.3 Å². The summed E-state index contributed by atoms with van der Waals surface area (Å²) in [5.74, 6) is 1.67. The quantitative estimate of drug-likeness (QED) is 0.383. The molecule has 0 radical (unpaired) electrons. The van der Waals surface area contributed by atoms with E-state index in [0.29, 0.717) is 27.2 Å². The van der Waals surface area contributed by atoms with Crippen LogP contribution < -0.4 is 19.5 Å². The molecule has 0 spiro atoms. The Morgan fingerprint density at radius 1 is 0.970 bits per heavy atom. The summed E-state index contributed by atoms with van der Waals surface area (Å²) in [6.45, 7) is 1.92. The topological polar surface area (TPSA) is 56.8 Å². The molecule has 1 amide bonds. The first-order valence-corrected chi connectivity index (χ1v) is 11.8. The van der Waals surface area contributed by atoms with Crippen LogP contribution in [0.2, 0.25) is 0 Å². The smallest absolute Gasteiger partial charge is 0.260 e. The molecule has 0 unspecified atom stereocenters. The zero-order chi connectivity index (χ0) is 23.5. The Hall–Kier alpha value is -2.99. The average Bonchev–Trinajstić information content (AvgIpc) is 2.84. The van der Waals surface area contributed by atoms with Crippen LogP contribution in [0, 0.1) is 6.92 Å². The highest BCUT2D eigenvalue weighted by atomic mass is 79.9. The van der Waals surface area contributed by atoms with E-state index in [1.54, 1.807) is 21.3 Å². The van der Waals surface area contributed by atoms with Crippen molar-refractivity contribution in [2.45, 2.75) is 32.6 Å². The molecule has 0 fully saturated rings. The number of anilines is 1. The van der Waals surface area contributed by atoms with Gasteiger partial charge in [-0.15, -0.1) is 0 Å². The van der Waals surface area contributed by atoms with Crippen LogP contribution in [0.5, 0.6) is 17.2 Å². The van der Waals surface area contributed by atoms with Gasteiger partial charge in [-0.25, -0.2) is 0 Å². The molecule has 1 aliphatic carbocycles. The van der Waals surface area contributed by atoms with Crippen molar-refractivity contribution < 1.29 is 19.0 Å². The van der Waals surface area contributed by atoms with E-state index < -0.39 is 0 Å². The second kappa shape index (κ2) is 9.87. The van der Waals surface area contributed by atoms with Crippen molar-refractivity contribution in [2.24, 2.45) is 0 Å². The number of carbonyl (C=O) groups excluding carboxylic acids is 1. The van der Waals surface area contributed by atoms with E-state index in [1.165, 1.54) is 12.0 Å². The number of rotatable bonds is 6. The Morgan fingerprint density at radius 3 is 2.42 bits per heavy atom. The maximum absolute atomic E-state index is 13.4. The van der Waals surface area contributed by atoms with Crippen molar-refractivity contribution >= 4 is 43.9 Å². The van der Waals surface area contributed by atoms with Crippen molar-refractivity contribution in [1.29, 1.82) is 0 Å². The second-order valence-electron chi connectivity index (χ2n) is 8.09. The Bertz CT molecular complexity index is 1250. The lowest BCUT2D eigenvalue weighted by Crippen LogP contribution is -2.15. The average molecular weight is 510 g/mol. The molecule has 0 saturated heterocycles. The molecule has 3 aromatic rings. The first-order chi connectivity index (χ1) is 16.0. The van der Waals surface area contributed by atoms with Gasteiger partial charge in [-0.05, 0) is 83.3 Å². The van der Waals surface area contributed by atoms with Gasteiger partial charge >= 0.3 is 0 Å². The molecular weight excluding hydrogens is 482 g/mol. The highest BCUT2D eigenvalue weighted by Crippen LogP contribution is 2.45. The van der Waals surface area contributed by atoms with Crippen molar-refractivity contribution in [3.8, 4) is 17.2 Å². The molecule has 0 heterocycles. The maximum atomic E-state index is 13.4. The number of nitrogens with one attached hydrogen (secondary N) is 1. The van der Waals surface area contributed by atoms with E-state index in [1.807, 2.05) is 37.3 Å². The first-order valence-electron chi connectivity index (χ1n) is 11.0. The predicted molar refractivity (Wildman–Crippen MR) is 137 cm³/mol. The number of fused-ring (bicyclic) bond motifs is 1. The molecule has 6 heteroatoms. The molecular formula is C27H28BrNO4. The monoisotopic (exact) mass is 509 g/mol. The molecule has 0 aromatic heterocycles. The van der Waals surface area contributed by atoms with Gasteiger partial charge in [-0.3, -0.25) is 4.79 Å². The minimum atomic E-state index is -0.247. The van der Waals surface area contributed by atoms with Crippen LogP contribution in [0.15, 0.2) is 46.9 Å². The third-order valence-corrected chi connectivity index (χ3v) is 6.78. The van der Waals surface area contributed by atoms with Crippen LogP contribution in [-0.4, -0.2) is 27.2 Å². The molecule has 172 valence electrons. The maximum Gasteiger partial charge on any atom is 0.260 e. The highest BCUT2D eigenvalue weighted by molar-refractivity contribution is 9.10.